The van der Waals surface area contributed by atoms with Gasteiger partial charge in [0.05, 0.1) is 6.61 Å². The van der Waals surface area contributed by atoms with Gasteiger partial charge in [-0.15, -0.1) is 0 Å². The van der Waals surface area contributed by atoms with E-state index in [0.717, 1.165) is 32.4 Å². The van der Waals surface area contributed by atoms with E-state index in [-0.39, 0.29) is 6.09 Å². The van der Waals surface area contributed by atoms with Gasteiger partial charge in [-0.25, -0.2) is 4.79 Å². The van der Waals surface area contributed by atoms with Gasteiger partial charge in [0.25, 0.3) is 0 Å². The number of amides is 1. The van der Waals surface area contributed by atoms with E-state index in [1.165, 1.54) is 11.3 Å². The molecule has 1 aromatic rings. The third kappa shape index (κ3) is 3.89. The summed E-state index contributed by atoms with van der Waals surface area (Å²) in [7, 11) is 0. The zero-order valence-electron chi connectivity index (χ0n) is 12.4. The maximum absolute atomic E-state index is 11.6. The SMILES string of the molecule is CCOC(=O)N1CCC(Nc2cccc(CC)c2)CC1. The number of nitrogens with zero attached hydrogens (tertiary/aromatic N) is 1. The van der Waals surface area contributed by atoms with Crippen molar-refractivity contribution in [2.75, 3.05) is 25.0 Å². The van der Waals surface area contributed by atoms with E-state index < -0.39 is 0 Å². The number of rotatable bonds is 4. The minimum Gasteiger partial charge on any atom is -0.450 e. The van der Waals surface area contributed by atoms with Crippen LogP contribution in [0.5, 0.6) is 0 Å². The Morgan fingerprint density at radius 1 is 1.35 bits per heavy atom. The van der Waals surface area contributed by atoms with Crippen LogP contribution in [-0.4, -0.2) is 36.7 Å². The number of carbonyl (C=O) groups excluding carboxylic acids is 1. The summed E-state index contributed by atoms with van der Waals surface area (Å²) < 4.78 is 5.03. The highest BCUT2D eigenvalue weighted by Crippen LogP contribution is 2.18. The van der Waals surface area contributed by atoms with Crippen LogP contribution in [0.3, 0.4) is 0 Å². The van der Waals surface area contributed by atoms with Gasteiger partial charge in [-0.3, -0.25) is 0 Å². The minimum atomic E-state index is -0.182. The second-order valence-corrected chi connectivity index (χ2v) is 5.16. The fourth-order valence-corrected chi connectivity index (χ4v) is 2.54. The predicted molar refractivity (Wildman–Crippen MR) is 81.1 cm³/mol. The average Bonchev–Trinajstić information content (AvgIpc) is 2.48. The van der Waals surface area contributed by atoms with Crippen LogP contribution in [0.4, 0.5) is 10.5 Å². The Bertz CT molecular complexity index is 440. The van der Waals surface area contributed by atoms with Crippen LogP contribution in [0.15, 0.2) is 24.3 Å². The number of anilines is 1. The van der Waals surface area contributed by atoms with Gasteiger partial charge in [-0.1, -0.05) is 19.1 Å². The molecular weight excluding hydrogens is 252 g/mol. The molecule has 0 saturated carbocycles. The molecule has 1 fully saturated rings. The number of hydrogen-bond acceptors (Lipinski definition) is 3. The van der Waals surface area contributed by atoms with E-state index in [1.54, 1.807) is 4.90 Å². The van der Waals surface area contributed by atoms with Gasteiger partial charge in [0, 0.05) is 24.8 Å². The van der Waals surface area contributed by atoms with Gasteiger partial charge in [-0.2, -0.15) is 0 Å². The molecule has 0 aromatic heterocycles. The second kappa shape index (κ2) is 7.17. The first-order valence-electron chi connectivity index (χ1n) is 7.50. The van der Waals surface area contributed by atoms with Crippen molar-refractivity contribution in [3.8, 4) is 0 Å². The number of hydrogen-bond donors (Lipinski definition) is 1. The molecule has 0 aliphatic carbocycles. The lowest BCUT2D eigenvalue weighted by molar-refractivity contribution is 0.0983. The van der Waals surface area contributed by atoms with Crippen LogP contribution in [0.1, 0.15) is 32.3 Å². The lowest BCUT2D eigenvalue weighted by atomic mass is 10.0. The zero-order chi connectivity index (χ0) is 14.4. The van der Waals surface area contributed by atoms with Crippen molar-refractivity contribution in [3.63, 3.8) is 0 Å². The topological polar surface area (TPSA) is 41.6 Å². The quantitative estimate of drug-likeness (QED) is 0.917. The number of ether oxygens (including phenoxy) is 1. The fourth-order valence-electron chi connectivity index (χ4n) is 2.54. The van der Waals surface area contributed by atoms with Crippen molar-refractivity contribution in [1.29, 1.82) is 0 Å². The highest BCUT2D eigenvalue weighted by Gasteiger charge is 2.23. The molecule has 1 saturated heterocycles. The summed E-state index contributed by atoms with van der Waals surface area (Å²) in [5.74, 6) is 0. The first-order valence-corrected chi connectivity index (χ1v) is 7.50. The van der Waals surface area contributed by atoms with E-state index in [9.17, 15) is 4.79 Å². The molecule has 0 unspecified atom stereocenters. The zero-order valence-corrected chi connectivity index (χ0v) is 12.4. The standard InChI is InChI=1S/C16H24N2O2/c1-3-13-6-5-7-15(12-13)17-14-8-10-18(11-9-14)16(19)20-4-2/h5-7,12,14,17H,3-4,8-11H2,1-2H3. The third-order valence-corrected chi connectivity index (χ3v) is 3.73. The van der Waals surface area contributed by atoms with Gasteiger partial charge in [0.2, 0.25) is 0 Å². The summed E-state index contributed by atoms with van der Waals surface area (Å²) in [6.07, 6.45) is 2.81. The Labute approximate surface area is 121 Å². The van der Waals surface area contributed by atoms with Crippen molar-refractivity contribution in [2.24, 2.45) is 0 Å². The maximum atomic E-state index is 11.6. The van der Waals surface area contributed by atoms with E-state index >= 15 is 0 Å². The van der Waals surface area contributed by atoms with Crippen LogP contribution in [0.2, 0.25) is 0 Å². The molecule has 1 aliphatic rings. The molecule has 2 rings (SSSR count). The Morgan fingerprint density at radius 2 is 2.10 bits per heavy atom. The first-order chi connectivity index (χ1) is 9.72. The molecule has 1 heterocycles. The van der Waals surface area contributed by atoms with Gasteiger partial charge >= 0.3 is 6.09 Å². The van der Waals surface area contributed by atoms with Crippen molar-refractivity contribution in [1.82, 2.24) is 4.90 Å². The Hall–Kier alpha value is -1.71. The molecule has 1 amide bonds. The fraction of sp³-hybridized carbons (Fsp3) is 0.562. The average molecular weight is 276 g/mol. The molecule has 0 radical (unpaired) electrons. The normalized spacial score (nSPS) is 16.0. The first kappa shape index (κ1) is 14.7. The van der Waals surface area contributed by atoms with Crippen LogP contribution >= 0.6 is 0 Å². The van der Waals surface area contributed by atoms with Crippen LogP contribution in [0.25, 0.3) is 0 Å². The van der Waals surface area contributed by atoms with E-state index in [2.05, 4.69) is 36.5 Å². The molecular formula is C16H24N2O2. The summed E-state index contributed by atoms with van der Waals surface area (Å²) in [6, 6.07) is 8.99. The number of piperidine rings is 1. The summed E-state index contributed by atoms with van der Waals surface area (Å²) in [6.45, 7) is 5.98. The van der Waals surface area contributed by atoms with Crippen LogP contribution in [-0.2, 0) is 11.2 Å². The maximum Gasteiger partial charge on any atom is 0.409 e. The van der Waals surface area contributed by atoms with Crippen LogP contribution in [0, 0.1) is 0 Å². The summed E-state index contributed by atoms with van der Waals surface area (Å²) in [5.41, 5.74) is 2.53. The Kier molecular flexibility index (Phi) is 5.27. The molecule has 1 aliphatic heterocycles. The molecule has 20 heavy (non-hydrogen) atoms. The lowest BCUT2D eigenvalue weighted by Gasteiger charge is -2.32. The third-order valence-electron chi connectivity index (χ3n) is 3.73. The highest BCUT2D eigenvalue weighted by atomic mass is 16.6. The van der Waals surface area contributed by atoms with Crippen molar-refractivity contribution < 1.29 is 9.53 Å². The largest absolute Gasteiger partial charge is 0.450 e. The molecule has 1 N–H and O–H groups in total. The van der Waals surface area contributed by atoms with E-state index in [0.29, 0.717) is 12.6 Å². The number of aryl methyl sites for hydroxylation is 1. The van der Waals surface area contributed by atoms with Gasteiger partial charge < -0.3 is 15.0 Å². The smallest absolute Gasteiger partial charge is 0.409 e. The Balaban J connectivity index is 1.83. The minimum absolute atomic E-state index is 0.182. The van der Waals surface area contributed by atoms with Gasteiger partial charge in [-0.05, 0) is 43.9 Å². The van der Waals surface area contributed by atoms with Crippen molar-refractivity contribution >= 4 is 11.8 Å². The molecule has 4 nitrogen and oxygen atoms in total. The highest BCUT2D eigenvalue weighted by molar-refractivity contribution is 5.67. The molecule has 4 heteroatoms. The van der Waals surface area contributed by atoms with E-state index in [4.69, 9.17) is 4.74 Å². The number of nitrogens with one attached hydrogen (secondary N) is 1. The van der Waals surface area contributed by atoms with Gasteiger partial charge in [0.15, 0.2) is 0 Å². The van der Waals surface area contributed by atoms with Gasteiger partial charge in [0.1, 0.15) is 0 Å². The number of carbonyl (C=O) groups is 1. The second-order valence-electron chi connectivity index (χ2n) is 5.16. The molecule has 1 aromatic carbocycles. The molecule has 110 valence electrons. The Morgan fingerprint density at radius 3 is 2.75 bits per heavy atom. The van der Waals surface area contributed by atoms with Crippen molar-refractivity contribution in [3.05, 3.63) is 29.8 Å². The summed E-state index contributed by atoms with van der Waals surface area (Å²) in [5, 5.41) is 3.57. The molecule has 0 atom stereocenters. The monoisotopic (exact) mass is 276 g/mol. The van der Waals surface area contributed by atoms with Crippen LogP contribution < -0.4 is 5.32 Å². The number of likely N-dealkylation sites (tertiary alicyclic amines) is 1. The van der Waals surface area contributed by atoms with Crippen molar-refractivity contribution in [2.45, 2.75) is 39.2 Å². The predicted octanol–water partition coefficient (Wildman–Crippen LogP) is 3.28. The molecule has 0 spiro atoms. The molecule has 0 bridgehead atoms. The lowest BCUT2D eigenvalue weighted by Crippen LogP contribution is -2.42. The van der Waals surface area contributed by atoms with E-state index in [1.807, 2.05) is 6.92 Å². The summed E-state index contributed by atoms with van der Waals surface area (Å²) >= 11 is 0. The summed E-state index contributed by atoms with van der Waals surface area (Å²) in [4.78, 5) is 13.4. The number of benzene rings is 1.